The lowest BCUT2D eigenvalue weighted by Crippen LogP contribution is -2.13. The van der Waals surface area contributed by atoms with Crippen molar-refractivity contribution in [1.82, 2.24) is 0 Å². The van der Waals surface area contributed by atoms with Gasteiger partial charge in [-0.15, -0.1) is 0 Å². The molecule has 0 saturated heterocycles. The summed E-state index contributed by atoms with van der Waals surface area (Å²) in [4.78, 5) is 0. The molecule has 0 unspecified atom stereocenters. The first kappa shape index (κ1) is 14.2. The molecule has 1 aliphatic carbocycles. The molecule has 0 spiro atoms. The van der Waals surface area contributed by atoms with Crippen molar-refractivity contribution in [3.05, 3.63) is 47.8 Å². The van der Waals surface area contributed by atoms with Gasteiger partial charge in [0.25, 0.3) is 0 Å². The minimum absolute atomic E-state index is 0.336. The quantitative estimate of drug-likeness (QED) is 0.676. The Balaban J connectivity index is 1.87. The van der Waals surface area contributed by atoms with Crippen molar-refractivity contribution in [2.75, 3.05) is 0 Å². The van der Waals surface area contributed by atoms with E-state index in [0.29, 0.717) is 18.2 Å². The molecule has 0 N–H and O–H groups in total. The number of rotatable bonds is 4. The second-order valence-corrected chi connectivity index (χ2v) is 5.33. The van der Waals surface area contributed by atoms with Gasteiger partial charge in [0.05, 0.1) is 6.33 Å². The van der Waals surface area contributed by atoms with Crippen molar-refractivity contribution in [2.45, 2.75) is 44.4 Å². The van der Waals surface area contributed by atoms with Crippen molar-refractivity contribution < 1.29 is 13.2 Å². The van der Waals surface area contributed by atoms with E-state index in [1.165, 1.54) is 12.1 Å². The smallest absolute Gasteiger partial charge is 0.159 e. The van der Waals surface area contributed by atoms with Crippen molar-refractivity contribution in [3.63, 3.8) is 0 Å². The van der Waals surface area contributed by atoms with Gasteiger partial charge in [0, 0.05) is 0 Å². The highest BCUT2D eigenvalue weighted by atomic mass is 19.2. The van der Waals surface area contributed by atoms with Gasteiger partial charge in [-0.1, -0.05) is 12.1 Å². The Morgan fingerprint density at radius 3 is 2.42 bits per heavy atom. The highest BCUT2D eigenvalue weighted by Gasteiger charge is 2.22. The van der Waals surface area contributed by atoms with Crippen LogP contribution < -0.4 is 0 Å². The van der Waals surface area contributed by atoms with E-state index >= 15 is 0 Å². The van der Waals surface area contributed by atoms with Crippen molar-refractivity contribution >= 4 is 0 Å². The van der Waals surface area contributed by atoms with Gasteiger partial charge in [0.1, 0.15) is 0 Å². The summed E-state index contributed by atoms with van der Waals surface area (Å²) in [6, 6.07) is 4.23. The third kappa shape index (κ3) is 3.85. The second-order valence-electron chi connectivity index (χ2n) is 5.33. The fraction of sp³-hybridized carbons (Fsp3) is 0.500. The maximum Gasteiger partial charge on any atom is 0.159 e. The standard InChI is InChI=1S/C16H19F3/c17-10-2-1-3-12-4-6-13(7-5-12)14-8-9-15(18)16(19)11-14/h2,8-13H,1,3-7H2/t12-,13-. The van der Waals surface area contributed by atoms with Gasteiger partial charge in [0.15, 0.2) is 11.6 Å². The van der Waals surface area contributed by atoms with E-state index in [-0.39, 0.29) is 0 Å². The van der Waals surface area contributed by atoms with E-state index in [1.807, 2.05) is 0 Å². The second kappa shape index (κ2) is 6.78. The summed E-state index contributed by atoms with van der Waals surface area (Å²) in [6.07, 6.45) is 8.16. The molecular weight excluding hydrogens is 249 g/mol. The Bertz CT molecular complexity index is 432. The Labute approximate surface area is 112 Å². The molecule has 0 radical (unpaired) electrons. The fourth-order valence-corrected chi connectivity index (χ4v) is 2.95. The Morgan fingerprint density at radius 2 is 1.79 bits per heavy atom. The van der Waals surface area contributed by atoms with Gasteiger partial charge in [-0.05, 0) is 68.1 Å². The number of allylic oxidation sites excluding steroid dienone is 1. The van der Waals surface area contributed by atoms with Gasteiger partial charge in [-0.2, -0.15) is 0 Å². The number of hydrogen-bond acceptors (Lipinski definition) is 0. The molecule has 1 fully saturated rings. The van der Waals surface area contributed by atoms with Crippen molar-refractivity contribution in [3.8, 4) is 0 Å². The van der Waals surface area contributed by atoms with Gasteiger partial charge in [0.2, 0.25) is 0 Å². The van der Waals surface area contributed by atoms with Crippen LogP contribution in [0.5, 0.6) is 0 Å². The zero-order valence-electron chi connectivity index (χ0n) is 10.9. The maximum atomic E-state index is 13.2. The van der Waals surface area contributed by atoms with Crippen LogP contribution in [0.1, 0.15) is 50.0 Å². The summed E-state index contributed by atoms with van der Waals surface area (Å²) in [6.45, 7) is 0. The van der Waals surface area contributed by atoms with Gasteiger partial charge in [-0.25, -0.2) is 13.2 Å². The maximum absolute atomic E-state index is 13.2. The first-order chi connectivity index (χ1) is 9.20. The van der Waals surface area contributed by atoms with Crippen LogP contribution >= 0.6 is 0 Å². The molecule has 1 aliphatic rings. The van der Waals surface area contributed by atoms with E-state index in [0.717, 1.165) is 44.1 Å². The van der Waals surface area contributed by atoms with Crippen molar-refractivity contribution in [2.24, 2.45) is 5.92 Å². The highest BCUT2D eigenvalue weighted by Crippen LogP contribution is 2.37. The molecule has 19 heavy (non-hydrogen) atoms. The average Bonchev–Trinajstić information content (AvgIpc) is 2.43. The SMILES string of the molecule is FC=CCC[C@H]1CC[C@H](c2ccc(F)c(F)c2)CC1. The van der Waals surface area contributed by atoms with Crippen LogP contribution in [0.2, 0.25) is 0 Å². The fourth-order valence-electron chi connectivity index (χ4n) is 2.95. The molecule has 0 amide bonds. The summed E-state index contributed by atoms with van der Waals surface area (Å²) in [5.74, 6) is -0.566. The van der Waals surface area contributed by atoms with E-state index in [4.69, 9.17) is 0 Å². The molecule has 104 valence electrons. The summed E-state index contributed by atoms with van der Waals surface area (Å²) >= 11 is 0. The lowest BCUT2D eigenvalue weighted by atomic mass is 9.77. The summed E-state index contributed by atoms with van der Waals surface area (Å²) in [7, 11) is 0. The van der Waals surface area contributed by atoms with E-state index < -0.39 is 11.6 Å². The zero-order valence-corrected chi connectivity index (χ0v) is 10.9. The number of benzene rings is 1. The Kier molecular flexibility index (Phi) is 5.06. The minimum atomic E-state index is -0.782. The zero-order chi connectivity index (χ0) is 13.7. The lowest BCUT2D eigenvalue weighted by molar-refractivity contribution is 0.311. The van der Waals surface area contributed by atoms with Crippen LogP contribution in [0.25, 0.3) is 0 Å². The van der Waals surface area contributed by atoms with Crippen LogP contribution in [0, 0.1) is 17.6 Å². The van der Waals surface area contributed by atoms with Crippen LogP contribution in [0.4, 0.5) is 13.2 Å². The third-order valence-corrected chi connectivity index (χ3v) is 4.09. The number of hydrogen-bond donors (Lipinski definition) is 0. The molecule has 0 bridgehead atoms. The molecule has 1 aromatic rings. The highest BCUT2D eigenvalue weighted by molar-refractivity contribution is 5.22. The summed E-state index contributed by atoms with van der Waals surface area (Å²) in [5.41, 5.74) is 0.904. The molecule has 1 saturated carbocycles. The van der Waals surface area contributed by atoms with Crippen LogP contribution in [-0.2, 0) is 0 Å². The average molecular weight is 268 g/mol. The van der Waals surface area contributed by atoms with Gasteiger partial charge in [-0.3, -0.25) is 0 Å². The molecule has 2 rings (SSSR count). The molecular formula is C16H19F3. The van der Waals surface area contributed by atoms with Crippen LogP contribution in [-0.4, -0.2) is 0 Å². The van der Waals surface area contributed by atoms with Gasteiger partial charge >= 0.3 is 0 Å². The summed E-state index contributed by atoms with van der Waals surface area (Å²) in [5, 5.41) is 0. The molecule has 0 heterocycles. The van der Waals surface area contributed by atoms with Crippen molar-refractivity contribution in [1.29, 1.82) is 0 Å². The first-order valence-electron chi connectivity index (χ1n) is 6.91. The minimum Gasteiger partial charge on any atom is -0.216 e. The van der Waals surface area contributed by atoms with E-state index in [1.54, 1.807) is 12.1 Å². The normalized spacial score (nSPS) is 23.9. The molecule has 0 aromatic heterocycles. The Morgan fingerprint density at radius 1 is 1.05 bits per heavy atom. The lowest BCUT2D eigenvalue weighted by Gasteiger charge is -2.28. The Hall–Kier alpha value is -1.25. The molecule has 0 aliphatic heterocycles. The number of halogens is 3. The largest absolute Gasteiger partial charge is 0.216 e. The monoisotopic (exact) mass is 268 g/mol. The third-order valence-electron chi connectivity index (χ3n) is 4.09. The predicted octanol–water partition coefficient (Wildman–Crippen LogP) is 5.50. The molecule has 1 aromatic carbocycles. The van der Waals surface area contributed by atoms with Crippen LogP contribution in [0.3, 0.4) is 0 Å². The summed E-state index contributed by atoms with van der Waals surface area (Å²) < 4.78 is 37.9. The van der Waals surface area contributed by atoms with Crippen LogP contribution in [0.15, 0.2) is 30.6 Å². The molecule has 0 atom stereocenters. The van der Waals surface area contributed by atoms with Gasteiger partial charge < -0.3 is 0 Å². The molecule has 0 nitrogen and oxygen atoms in total. The topological polar surface area (TPSA) is 0 Å². The molecule has 3 heteroatoms. The van der Waals surface area contributed by atoms with E-state index in [2.05, 4.69) is 0 Å². The van der Waals surface area contributed by atoms with E-state index in [9.17, 15) is 13.2 Å². The first-order valence-corrected chi connectivity index (χ1v) is 6.91. The predicted molar refractivity (Wildman–Crippen MR) is 70.5 cm³/mol.